The van der Waals surface area contributed by atoms with Crippen molar-refractivity contribution in [2.24, 2.45) is 0 Å². The van der Waals surface area contributed by atoms with Gasteiger partial charge in [-0.1, -0.05) is 12.1 Å². The lowest BCUT2D eigenvalue weighted by molar-refractivity contribution is -0.641. The number of carbonyl (C=O) groups is 1. The van der Waals surface area contributed by atoms with Crippen molar-refractivity contribution in [1.29, 1.82) is 0 Å². The standard InChI is InChI=1S/C13H18N6O3/c1-18(9-7-15-13(20)21)8-6-14-12-16-10-4-2-3-5-11(10)19(22)17-12/h2-5,15H,6-9H2,1H3,(H,20,21)(H,14,16,17). The Kier molecular flexibility index (Phi) is 5.26. The smallest absolute Gasteiger partial charge is 0.404 e. The maximum Gasteiger partial charge on any atom is 0.404 e. The average molecular weight is 306 g/mol. The minimum absolute atomic E-state index is 0.269. The van der Waals surface area contributed by atoms with Crippen LogP contribution >= 0.6 is 0 Å². The number of amides is 1. The maximum absolute atomic E-state index is 11.8. The molecule has 0 saturated heterocycles. The first-order valence-corrected chi connectivity index (χ1v) is 6.82. The lowest BCUT2D eigenvalue weighted by Crippen LogP contribution is -2.36. The summed E-state index contributed by atoms with van der Waals surface area (Å²) in [5, 5.41) is 29.3. The highest BCUT2D eigenvalue weighted by Crippen LogP contribution is 2.07. The van der Waals surface area contributed by atoms with Gasteiger partial charge in [0.2, 0.25) is 0 Å². The van der Waals surface area contributed by atoms with Crippen LogP contribution in [0.1, 0.15) is 0 Å². The van der Waals surface area contributed by atoms with E-state index in [1.54, 1.807) is 18.2 Å². The molecule has 118 valence electrons. The lowest BCUT2D eigenvalue weighted by atomic mass is 10.3. The van der Waals surface area contributed by atoms with Gasteiger partial charge in [-0.3, -0.25) is 0 Å². The van der Waals surface area contributed by atoms with Gasteiger partial charge in [-0.15, -0.1) is 0 Å². The number of nitrogens with one attached hydrogen (secondary N) is 2. The molecule has 9 heteroatoms. The van der Waals surface area contributed by atoms with Gasteiger partial charge in [-0.25, -0.2) is 9.78 Å². The molecule has 0 unspecified atom stereocenters. The van der Waals surface area contributed by atoms with Crippen LogP contribution in [0.25, 0.3) is 11.0 Å². The quantitative estimate of drug-likeness (QED) is 0.482. The maximum atomic E-state index is 11.8. The first kappa shape index (κ1) is 15.7. The Labute approximate surface area is 127 Å². The molecule has 0 aliphatic carbocycles. The summed E-state index contributed by atoms with van der Waals surface area (Å²) in [6.07, 6.45) is -1.03. The third kappa shape index (κ3) is 4.42. The molecule has 0 atom stereocenters. The summed E-state index contributed by atoms with van der Waals surface area (Å²) in [6.45, 7) is 2.16. The second-order valence-corrected chi connectivity index (χ2v) is 4.76. The van der Waals surface area contributed by atoms with E-state index in [9.17, 15) is 10.0 Å². The molecule has 0 spiro atoms. The van der Waals surface area contributed by atoms with E-state index >= 15 is 0 Å². The Hall–Kier alpha value is -2.68. The molecule has 0 bridgehead atoms. The van der Waals surface area contributed by atoms with Gasteiger partial charge in [0.05, 0.1) is 5.10 Å². The number of para-hydroxylation sites is 2. The number of nitrogens with zero attached hydrogens (tertiary/aromatic N) is 4. The van der Waals surface area contributed by atoms with Gasteiger partial charge in [0, 0.05) is 32.2 Å². The van der Waals surface area contributed by atoms with Crippen molar-refractivity contribution in [3.05, 3.63) is 29.5 Å². The fourth-order valence-electron chi connectivity index (χ4n) is 1.90. The molecule has 3 N–H and O–H groups in total. The Morgan fingerprint density at radius 3 is 2.86 bits per heavy atom. The van der Waals surface area contributed by atoms with Gasteiger partial charge in [0.25, 0.3) is 11.5 Å². The monoisotopic (exact) mass is 306 g/mol. The summed E-state index contributed by atoms with van der Waals surface area (Å²) >= 11 is 0. The van der Waals surface area contributed by atoms with E-state index in [0.717, 1.165) is 0 Å². The van der Waals surface area contributed by atoms with Crippen LogP contribution < -0.4 is 15.5 Å². The van der Waals surface area contributed by atoms with E-state index in [-0.39, 0.29) is 5.95 Å². The van der Waals surface area contributed by atoms with E-state index in [0.29, 0.717) is 42.1 Å². The van der Waals surface area contributed by atoms with Gasteiger partial charge in [0.1, 0.15) is 5.52 Å². The second kappa shape index (κ2) is 7.36. The predicted octanol–water partition coefficient (Wildman–Crippen LogP) is -0.125. The highest BCUT2D eigenvalue weighted by Gasteiger charge is 2.09. The Morgan fingerprint density at radius 1 is 1.36 bits per heavy atom. The fourth-order valence-corrected chi connectivity index (χ4v) is 1.90. The van der Waals surface area contributed by atoms with E-state index in [1.165, 1.54) is 0 Å². The SMILES string of the molecule is CN(CCNC(=O)O)CCNc1nc2ccccc2[n+]([O-])n1. The summed E-state index contributed by atoms with van der Waals surface area (Å²) in [5.74, 6) is 0.269. The van der Waals surface area contributed by atoms with Crippen molar-refractivity contribution in [2.75, 3.05) is 38.5 Å². The summed E-state index contributed by atoms with van der Waals surface area (Å²) in [4.78, 5) is 17.1. The fraction of sp³-hybridized carbons (Fsp3) is 0.385. The van der Waals surface area contributed by atoms with Crippen molar-refractivity contribution in [3.63, 3.8) is 0 Å². The van der Waals surface area contributed by atoms with Crippen LogP contribution in [0, 0.1) is 5.21 Å². The number of benzene rings is 1. The Morgan fingerprint density at radius 2 is 2.09 bits per heavy atom. The minimum atomic E-state index is -1.03. The predicted molar refractivity (Wildman–Crippen MR) is 80.5 cm³/mol. The molecule has 0 saturated carbocycles. The topological polar surface area (TPSA) is 117 Å². The third-order valence-electron chi connectivity index (χ3n) is 3.05. The van der Waals surface area contributed by atoms with E-state index in [2.05, 4.69) is 20.7 Å². The number of rotatable bonds is 7. The summed E-state index contributed by atoms with van der Waals surface area (Å²) in [7, 11) is 1.88. The van der Waals surface area contributed by atoms with Gasteiger partial charge >= 0.3 is 6.09 Å². The van der Waals surface area contributed by atoms with E-state index < -0.39 is 6.09 Å². The van der Waals surface area contributed by atoms with Crippen LogP contribution in [0.3, 0.4) is 0 Å². The van der Waals surface area contributed by atoms with Crippen molar-refractivity contribution in [1.82, 2.24) is 20.3 Å². The third-order valence-corrected chi connectivity index (χ3v) is 3.05. The van der Waals surface area contributed by atoms with Crippen LogP contribution in [-0.4, -0.2) is 59.4 Å². The molecular weight excluding hydrogens is 288 g/mol. The zero-order chi connectivity index (χ0) is 15.9. The first-order valence-electron chi connectivity index (χ1n) is 6.82. The van der Waals surface area contributed by atoms with Crippen LogP contribution in [-0.2, 0) is 0 Å². The molecule has 1 amide bonds. The van der Waals surface area contributed by atoms with Crippen molar-refractivity contribution >= 4 is 23.1 Å². The van der Waals surface area contributed by atoms with Crippen molar-refractivity contribution in [3.8, 4) is 0 Å². The number of hydrogen-bond acceptors (Lipinski definition) is 6. The van der Waals surface area contributed by atoms with Crippen LogP contribution in [0.15, 0.2) is 24.3 Å². The molecule has 1 aromatic carbocycles. The highest BCUT2D eigenvalue weighted by atomic mass is 16.5. The van der Waals surface area contributed by atoms with E-state index in [1.807, 2.05) is 18.0 Å². The van der Waals surface area contributed by atoms with Crippen LogP contribution in [0.4, 0.5) is 10.7 Å². The normalized spacial score (nSPS) is 10.8. The highest BCUT2D eigenvalue weighted by molar-refractivity contribution is 5.71. The molecule has 9 nitrogen and oxygen atoms in total. The van der Waals surface area contributed by atoms with Gasteiger partial charge < -0.3 is 25.8 Å². The average Bonchev–Trinajstić information content (AvgIpc) is 2.47. The summed E-state index contributed by atoms with van der Waals surface area (Å²) in [6, 6.07) is 6.98. The zero-order valence-electron chi connectivity index (χ0n) is 12.2. The van der Waals surface area contributed by atoms with Crippen LogP contribution in [0.2, 0.25) is 0 Å². The largest absolute Gasteiger partial charge is 0.594 e. The second-order valence-electron chi connectivity index (χ2n) is 4.76. The molecule has 1 heterocycles. The number of likely N-dealkylation sites (N-methyl/N-ethyl adjacent to an activating group) is 1. The van der Waals surface area contributed by atoms with E-state index in [4.69, 9.17) is 5.11 Å². The van der Waals surface area contributed by atoms with Gasteiger partial charge in [-0.2, -0.15) is 0 Å². The molecular formula is C13H18N6O3. The number of anilines is 1. The Bertz CT molecular complexity index is 651. The number of fused-ring (bicyclic) bond motifs is 1. The Balaban J connectivity index is 1.83. The van der Waals surface area contributed by atoms with Crippen molar-refractivity contribution in [2.45, 2.75) is 0 Å². The van der Waals surface area contributed by atoms with Crippen LogP contribution in [0.5, 0.6) is 0 Å². The minimum Gasteiger partial charge on any atom is -0.594 e. The molecule has 0 aliphatic heterocycles. The molecule has 22 heavy (non-hydrogen) atoms. The van der Waals surface area contributed by atoms with Gasteiger partial charge in [0.15, 0.2) is 0 Å². The molecule has 0 fully saturated rings. The zero-order valence-corrected chi connectivity index (χ0v) is 12.2. The lowest BCUT2D eigenvalue weighted by Gasteiger charge is -2.16. The number of carboxylic acid groups (broad SMARTS) is 1. The van der Waals surface area contributed by atoms with Gasteiger partial charge in [-0.05, 0) is 18.0 Å². The summed E-state index contributed by atoms with van der Waals surface area (Å²) < 4.78 is 0. The number of aromatic nitrogens is 3. The molecule has 1 aromatic heterocycles. The molecule has 0 radical (unpaired) electrons. The first-order chi connectivity index (χ1) is 10.6. The molecule has 0 aliphatic rings. The number of hydrogen-bond donors (Lipinski definition) is 3. The van der Waals surface area contributed by atoms with Crippen molar-refractivity contribution < 1.29 is 14.7 Å². The molecule has 2 rings (SSSR count). The molecule has 2 aromatic rings. The summed E-state index contributed by atoms with van der Waals surface area (Å²) in [5.41, 5.74) is 0.999.